The molecule has 0 saturated carbocycles. The lowest BCUT2D eigenvalue weighted by atomic mass is 10.2. The molecule has 2 heterocycles. The van der Waals surface area contributed by atoms with Gasteiger partial charge in [0.15, 0.2) is 0 Å². The first-order valence-corrected chi connectivity index (χ1v) is 11.4. The zero-order valence-corrected chi connectivity index (χ0v) is 17.1. The number of carbonyl (C=O) groups is 1. The second-order valence-corrected chi connectivity index (χ2v) is 9.57. The minimum atomic E-state index is -3.33. The molecule has 2 saturated heterocycles. The van der Waals surface area contributed by atoms with Gasteiger partial charge in [0.1, 0.15) is 0 Å². The molecule has 1 unspecified atom stereocenters. The number of hydrogen-bond donors (Lipinski definition) is 1. The van der Waals surface area contributed by atoms with Crippen LogP contribution in [0.4, 0.5) is 0 Å². The fourth-order valence-electron chi connectivity index (χ4n) is 3.18. The molecule has 1 amide bonds. The molecule has 146 valence electrons. The molecule has 9 heteroatoms. The fourth-order valence-corrected chi connectivity index (χ4v) is 5.65. The largest absolute Gasteiger partial charge is 0.340 e. The second kappa shape index (κ2) is 9.94. The fraction of sp³-hybridized carbons (Fsp3) is 0.588. The van der Waals surface area contributed by atoms with Gasteiger partial charge in [0.2, 0.25) is 15.9 Å². The van der Waals surface area contributed by atoms with Gasteiger partial charge >= 0.3 is 0 Å². The van der Waals surface area contributed by atoms with E-state index >= 15 is 0 Å². The van der Waals surface area contributed by atoms with Crippen molar-refractivity contribution in [2.24, 2.45) is 0 Å². The van der Waals surface area contributed by atoms with Gasteiger partial charge in [0, 0.05) is 56.7 Å². The van der Waals surface area contributed by atoms with Gasteiger partial charge in [0.25, 0.3) is 0 Å². The monoisotopic (exact) mass is 419 g/mol. The van der Waals surface area contributed by atoms with E-state index in [1.165, 1.54) is 4.31 Å². The number of benzene rings is 1. The van der Waals surface area contributed by atoms with Gasteiger partial charge in [0.05, 0.1) is 5.75 Å². The summed E-state index contributed by atoms with van der Waals surface area (Å²) in [6.07, 6.45) is 0.504. The molecule has 2 aliphatic rings. The molecule has 1 N–H and O–H groups in total. The topological polar surface area (TPSA) is 69.7 Å². The summed E-state index contributed by atoms with van der Waals surface area (Å²) in [7, 11) is -3.33. The van der Waals surface area contributed by atoms with E-state index in [1.54, 1.807) is 4.90 Å². The van der Waals surface area contributed by atoms with Crippen molar-refractivity contribution >= 4 is 40.1 Å². The number of halogens is 1. The van der Waals surface area contributed by atoms with E-state index in [2.05, 4.69) is 5.32 Å². The molecular weight excluding hydrogens is 394 g/mol. The summed E-state index contributed by atoms with van der Waals surface area (Å²) in [5.41, 5.74) is 0.793. The minimum Gasteiger partial charge on any atom is -0.340 e. The third-order valence-electron chi connectivity index (χ3n) is 4.60. The first-order valence-electron chi connectivity index (χ1n) is 8.65. The smallest absolute Gasteiger partial charge is 0.224 e. The van der Waals surface area contributed by atoms with Crippen LogP contribution >= 0.6 is 24.2 Å². The van der Waals surface area contributed by atoms with Crippen LogP contribution < -0.4 is 5.32 Å². The molecule has 0 spiro atoms. The number of sulfonamides is 1. The van der Waals surface area contributed by atoms with Crippen LogP contribution in [0.25, 0.3) is 0 Å². The van der Waals surface area contributed by atoms with E-state index in [0.717, 1.165) is 23.6 Å². The Morgan fingerprint density at radius 1 is 1.15 bits per heavy atom. The van der Waals surface area contributed by atoms with Crippen LogP contribution in [0.3, 0.4) is 0 Å². The number of rotatable bonds is 5. The zero-order valence-electron chi connectivity index (χ0n) is 14.7. The van der Waals surface area contributed by atoms with Gasteiger partial charge in [-0.15, -0.1) is 12.4 Å². The van der Waals surface area contributed by atoms with Gasteiger partial charge in [-0.2, -0.15) is 16.1 Å². The van der Waals surface area contributed by atoms with Crippen molar-refractivity contribution in [3.05, 3.63) is 35.9 Å². The number of hydrogen-bond acceptors (Lipinski definition) is 5. The first kappa shape index (κ1) is 21.5. The van der Waals surface area contributed by atoms with Crippen LogP contribution in [0.1, 0.15) is 12.0 Å². The Balaban J connectivity index is 0.00000243. The summed E-state index contributed by atoms with van der Waals surface area (Å²) < 4.78 is 26.6. The van der Waals surface area contributed by atoms with Gasteiger partial charge < -0.3 is 10.2 Å². The molecular formula is C17H26ClN3O3S2. The van der Waals surface area contributed by atoms with E-state index in [4.69, 9.17) is 0 Å². The van der Waals surface area contributed by atoms with Crippen molar-refractivity contribution in [2.75, 3.05) is 44.2 Å². The maximum atomic E-state index is 12.6. The second-order valence-electron chi connectivity index (χ2n) is 6.45. The van der Waals surface area contributed by atoms with Crippen LogP contribution in [0.5, 0.6) is 0 Å². The summed E-state index contributed by atoms with van der Waals surface area (Å²) in [5.74, 6) is 2.21. The number of nitrogens with zero attached hydrogens (tertiary/aromatic N) is 2. The normalized spacial score (nSPS) is 21.8. The Kier molecular flexibility index (Phi) is 8.22. The summed E-state index contributed by atoms with van der Waals surface area (Å²) in [5, 5.41) is 3.37. The molecule has 26 heavy (non-hydrogen) atoms. The third-order valence-corrected chi connectivity index (χ3v) is 7.58. The molecule has 2 fully saturated rings. The zero-order chi connectivity index (χ0) is 17.7. The molecule has 2 aliphatic heterocycles. The Bertz CT molecular complexity index is 674. The van der Waals surface area contributed by atoms with E-state index < -0.39 is 10.0 Å². The summed E-state index contributed by atoms with van der Waals surface area (Å²) in [4.78, 5) is 14.2. The highest BCUT2D eigenvalue weighted by molar-refractivity contribution is 7.99. The van der Waals surface area contributed by atoms with Crippen molar-refractivity contribution in [3.63, 3.8) is 0 Å². The molecule has 0 aromatic heterocycles. The molecule has 3 rings (SSSR count). The van der Waals surface area contributed by atoms with Crippen LogP contribution in [0.15, 0.2) is 30.3 Å². The van der Waals surface area contributed by atoms with Crippen LogP contribution in [0.2, 0.25) is 0 Å². The van der Waals surface area contributed by atoms with E-state index in [-0.39, 0.29) is 30.1 Å². The highest BCUT2D eigenvalue weighted by atomic mass is 35.5. The third kappa shape index (κ3) is 5.85. The number of carbonyl (C=O) groups excluding carboxylic acids is 1. The Hall–Kier alpha value is -0.800. The van der Waals surface area contributed by atoms with E-state index in [1.807, 2.05) is 42.1 Å². The molecule has 0 aliphatic carbocycles. The van der Waals surface area contributed by atoms with E-state index in [9.17, 15) is 13.2 Å². The highest BCUT2D eigenvalue weighted by Crippen LogP contribution is 2.16. The average molecular weight is 420 g/mol. The Morgan fingerprint density at radius 2 is 1.85 bits per heavy atom. The molecule has 6 nitrogen and oxygen atoms in total. The van der Waals surface area contributed by atoms with Gasteiger partial charge in [-0.25, -0.2) is 8.42 Å². The summed E-state index contributed by atoms with van der Waals surface area (Å²) in [6, 6.07) is 9.46. The number of nitrogens with one attached hydrogen (secondary N) is 1. The van der Waals surface area contributed by atoms with Gasteiger partial charge in [-0.1, -0.05) is 30.3 Å². The van der Waals surface area contributed by atoms with Gasteiger partial charge in [-0.05, 0) is 5.56 Å². The Morgan fingerprint density at radius 3 is 2.46 bits per heavy atom. The number of amides is 1. The summed E-state index contributed by atoms with van der Waals surface area (Å²) >= 11 is 1.88. The maximum Gasteiger partial charge on any atom is 0.224 e. The minimum absolute atomic E-state index is 0. The molecule has 1 atom stereocenters. The number of piperazine rings is 1. The van der Waals surface area contributed by atoms with Crippen LogP contribution in [-0.4, -0.2) is 73.8 Å². The predicted octanol–water partition coefficient (Wildman–Crippen LogP) is 1.18. The standard InChI is InChI=1S/C17H25N3O3S2.ClH/c21-17(12-16-13-24-11-6-18-16)19-7-9-20(10-8-19)25(22,23)14-15-4-2-1-3-5-15;/h1-5,16,18H,6-14H2;1H. The molecule has 0 radical (unpaired) electrons. The van der Waals surface area contributed by atoms with Crippen LogP contribution in [-0.2, 0) is 20.6 Å². The molecule has 1 aromatic carbocycles. The van der Waals surface area contributed by atoms with Crippen molar-refractivity contribution in [2.45, 2.75) is 18.2 Å². The molecule has 0 bridgehead atoms. The first-order chi connectivity index (χ1) is 12.0. The lowest BCUT2D eigenvalue weighted by Gasteiger charge is -2.35. The van der Waals surface area contributed by atoms with E-state index in [0.29, 0.717) is 32.6 Å². The van der Waals surface area contributed by atoms with Crippen LogP contribution in [0, 0.1) is 0 Å². The summed E-state index contributed by atoms with van der Waals surface area (Å²) in [6.45, 7) is 2.68. The lowest BCUT2D eigenvalue weighted by Crippen LogP contribution is -2.52. The average Bonchev–Trinajstić information content (AvgIpc) is 2.63. The maximum absolute atomic E-state index is 12.6. The predicted molar refractivity (Wildman–Crippen MR) is 108 cm³/mol. The van der Waals surface area contributed by atoms with Crippen molar-refractivity contribution in [1.82, 2.24) is 14.5 Å². The number of thioether (sulfide) groups is 1. The van der Waals surface area contributed by atoms with Crippen molar-refractivity contribution < 1.29 is 13.2 Å². The Labute approximate surface area is 166 Å². The van der Waals surface area contributed by atoms with Crippen molar-refractivity contribution in [3.8, 4) is 0 Å². The van der Waals surface area contributed by atoms with Crippen molar-refractivity contribution in [1.29, 1.82) is 0 Å². The SMILES string of the molecule is Cl.O=C(CC1CSCCN1)N1CCN(S(=O)(=O)Cc2ccccc2)CC1. The molecule has 1 aromatic rings. The highest BCUT2D eigenvalue weighted by Gasteiger charge is 2.29. The van der Waals surface area contributed by atoms with Gasteiger partial charge in [-0.3, -0.25) is 4.79 Å². The quantitative estimate of drug-likeness (QED) is 0.776. The lowest BCUT2D eigenvalue weighted by molar-refractivity contribution is -0.132.